The first-order valence-electron chi connectivity index (χ1n) is 13.3. The minimum Gasteiger partial charge on any atom is -0.341 e. The lowest BCUT2D eigenvalue weighted by Crippen LogP contribution is -2.59. The van der Waals surface area contributed by atoms with Crippen LogP contribution in [0.2, 0.25) is 5.02 Å². The molecule has 2 aromatic rings. The van der Waals surface area contributed by atoms with Crippen LogP contribution in [0.5, 0.6) is 0 Å². The summed E-state index contributed by atoms with van der Waals surface area (Å²) in [5.41, 5.74) is 4.13. The maximum atomic E-state index is 13.9. The van der Waals surface area contributed by atoms with E-state index in [9.17, 15) is 4.79 Å². The fraction of sp³-hybridized carbons (Fsp3) is 0.552. The Labute approximate surface area is 215 Å². The molecule has 0 radical (unpaired) electrons. The Kier molecular flexibility index (Phi) is 7.50. The van der Waals surface area contributed by atoms with E-state index in [1.54, 1.807) is 0 Å². The summed E-state index contributed by atoms with van der Waals surface area (Å²) in [5, 5.41) is 8.04. The summed E-state index contributed by atoms with van der Waals surface area (Å²) in [6.07, 6.45) is 6.12. The summed E-state index contributed by atoms with van der Waals surface area (Å²) in [5.74, 6) is 0.228. The fourth-order valence-corrected chi connectivity index (χ4v) is 6.64. The Hall–Kier alpha value is -1.92. The predicted molar refractivity (Wildman–Crippen MR) is 143 cm³/mol. The maximum Gasteiger partial charge on any atom is 0.240 e. The van der Waals surface area contributed by atoms with Gasteiger partial charge in [-0.1, -0.05) is 48.0 Å². The number of carbonyl (C=O) groups excluding carboxylic acids is 1. The van der Waals surface area contributed by atoms with Gasteiger partial charge in [-0.25, -0.2) is 0 Å². The maximum absolute atomic E-state index is 13.9. The molecule has 188 valence electrons. The van der Waals surface area contributed by atoms with E-state index in [-0.39, 0.29) is 23.5 Å². The lowest BCUT2D eigenvalue weighted by atomic mass is 9.74. The van der Waals surface area contributed by atoms with Crippen molar-refractivity contribution in [3.8, 4) is 0 Å². The SMILES string of the molecule is CC(N[C@H](Cc1ccc(Cl)cc1)C(=O)N1CCC2(CC1)c1ccccc1CCN2C)C1CCCN1. The molecule has 2 N–H and O–H groups in total. The summed E-state index contributed by atoms with van der Waals surface area (Å²) in [6.45, 7) is 5.95. The number of likely N-dealkylation sites (N-methyl/N-ethyl adjacent to an activating group) is 1. The van der Waals surface area contributed by atoms with Crippen molar-refractivity contribution >= 4 is 17.5 Å². The number of rotatable bonds is 6. The number of benzene rings is 2. The highest BCUT2D eigenvalue weighted by Crippen LogP contribution is 2.42. The van der Waals surface area contributed by atoms with Crippen LogP contribution in [0.4, 0.5) is 0 Å². The molecule has 0 aromatic heterocycles. The van der Waals surface area contributed by atoms with Gasteiger partial charge >= 0.3 is 0 Å². The first-order chi connectivity index (χ1) is 17.0. The van der Waals surface area contributed by atoms with Gasteiger partial charge in [0, 0.05) is 42.3 Å². The molecule has 3 atom stereocenters. The number of amides is 1. The van der Waals surface area contributed by atoms with E-state index in [4.69, 9.17) is 11.6 Å². The van der Waals surface area contributed by atoms with E-state index in [2.05, 4.69) is 58.7 Å². The summed E-state index contributed by atoms with van der Waals surface area (Å²) < 4.78 is 0. The minimum absolute atomic E-state index is 0.0474. The Balaban J connectivity index is 1.31. The van der Waals surface area contributed by atoms with E-state index in [0.717, 1.165) is 62.4 Å². The molecule has 3 heterocycles. The molecule has 3 aliphatic rings. The number of nitrogens with one attached hydrogen (secondary N) is 2. The van der Waals surface area contributed by atoms with Gasteiger partial charge in [0.2, 0.25) is 5.91 Å². The van der Waals surface area contributed by atoms with Gasteiger partial charge in [-0.2, -0.15) is 0 Å². The van der Waals surface area contributed by atoms with Crippen molar-refractivity contribution in [2.75, 3.05) is 33.2 Å². The van der Waals surface area contributed by atoms with Crippen molar-refractivity contribution in [3.63, 3.8) is 0 Å². The zero-order valence-electron chi connectivity index (χ0n) is 21.1. The van der Waals surface area contributed by atoms with E-state index in [1.807, 2.05) is 24.3 Å². The molecule has 2 fully saturated rings. The summed E-state index contributed by atoms with van der Waals surface area (Å²) >= 11 is 6.12. The number of hydrogen-bond acceptors (Lipinski definition) is 4. The zero-order chi connectivity index (χ0) is 24.4. The third kappa shape index (κ3) is 5.15. The molecule has 0 aliphatic carbocycles. The Bertz CT molecular complexity index is 1010. The number of carbonyl (C=O) groups is 1. The molecule has 0 saturated carbocycles. The highest BCUT2D eigenvalue weighted by atomic mass is 35.5. The van der Waals surface area contributed by atoms with Crippen molar-refractivity contribution in [1.29, 1.82) is 0 Å². The number of hydrogen-bond donors (Lipinski definition) is 2. The molecule has 5 nitrogen and oxygen atoms in total. The van der Waals surface area contributed by atoms with Gasteiger partial charge in [-0.05, 0) is 87.9 Å². The zero-order valence-corrected chi connectivity index (χ0v) is 21.9. The van der Waals surface area contributed by atoms with Gasteiger partial charge in [0.1, 0.15) is 0 Å². The normalized spacial score (nSPS) is 23.7. The molecule has 1 spiro atoms. The largest absolute Gasteiger partial charge is 0.341 e. The molecule has 6 heteroatoms. The summed E-state index contributed by atoms with van der Waals surface area (Å²) in [6, 6.07) is 17.3. The van der Waals surface area contributed by atoms with Crippen LogP contribution in [0, 0.1) is 0 Å². The quantitative estimate of drug-likeness (QED) is 0.637. The molecule has 2 saturated heterocycles. The fourth-order valence-electron chi connectivity index (χ4n) is 6.51. The average molecular weight is 495 g/mol. The molecule has 0 bridgehead atoms. The smallest absolute Gasteiger partial charge is 0.240 e. The monoisotopic (exact) mass is 494 g/mol. The first kappa shape index (κ1) is 24.8. The van der Waals surface area contributed by atoms with Crippen molar-refractivity contribution < 1.29 is 4.79 Å². The van der Waals surface area contributed by atoms with Crippen LogP contribution in [0.3, 0.4) is 0 Å². The molecule has 2 aromatic carbocycles. The van der Waals surface area contributed by atoms with Gasteiger partial charge in [-0.3, -0.25) is 9.69 Å². The number of likely N-dealkylation sites (tertiary alicyclic amines) is 1. The molecule has 2 unspecified atom stereocenters. The van der Waals surface area contributed by atoms with Crippen molar-refractivity contribution in [2.45, 2.75) is 69.1 Å². The third-order valence-electron chi connectivity index (χ3n) is 8.69. The Morgan fingerprint density at radius 3 is 2.60 bits per heavy atom. The number of halogens is 1. The van der Waals surface area contributed by atoms with E-state index >= 15 is 0 Å². The highest BCUT2D eigenvalue weighted by molar-refractivity contribution is 6.30. The summed E-state index contributed by atoms with van der Waals surface area (Å²) in [7, 11) is 2.26. The van der Waals surface area contributed by atoms with Crippen LogP contribution in [-0.2, 0) is 23.2 Å². The van der Waals surface area contributed by atoms with Gasteiger partial charge in [0.05, 0.1) is 6.04 Å². The first-order valence-corrected chi connectivity index (χ1v) is 13.7. The number of piperidine rings is 1. The minimum atomic E-state index is -0.237. The third-order valence-corrected chi connectivity index (χ3v) is 8.94. The lowest BCUT2D eigenvalue weighted by molar-refractivity contribution is -0.136. The molecule has 5 rings (SSSR count). The van der Waals surface area contributed by atoms with Crippen molar-refractivity contribution in [3.05, 3.63) is 70.2 Å². The van der Waals surface area contributed by atoms with E-state index in [0.29, 0.717) is 12.5 Å². The van der Waals surface area contributed by atoms with Crippen LogP contribution in [0.25, 0.3) is 0 Å². The van der Waals surface area contributed by atoms with Gasteiger partial charge in [-0.15, -0.1) is 0 Å². The molecular formula is C29H39ClN4O. The predicted octanol–water partition coefficient (Wildman–Crippen LogP) is 3.99. The average Bonchev–Trinajstić information content (AvgIpc) is 3.43. The second kappa shape index (κ2) is 10.6. The number of nitrogens with zero attached hydrogens (tertiary/aromatic N) is 2. The van der Waals surface area contributed by atoms with Crippen LogP contribution in [0.15, 0.2) is 48.5 Å². The summed E-state index contributed by atoms with van der Waals surface area (Å²) in [4.78, 5) is 18.6. The highest BCUT2D eigenvalue weighted by Gasteiger charge is 2.44. The van der Waals surface area contributed by atoms with E-state index in [1.165, 1.54) is 17.5 Å². The van der Waals surface area contributed by atoms with Crippen LogP contribution in [-0.4, -0.2) is 67.1 Å². The topological polar surface area (TPSA) is 47.6 Å². The second-order valence-corrected chi connectivity index (χ2v) is 11.2. The molecular weight excluding hydrogens is 456 g/mol. The molecule has 3 aliphatic heterocycles. The van der Waals surface area contributed by atoms with E-state index < -0.39 is 0 Å². The van der Waals surface area contributed by atoms with Crippen LogP contribution in [0.1, 0.15) is 49.3 Å². The Morgan fingerprint density at radius 1 is 1.14 bits per heavy atom. The second-order valence-electron chi connectivity index (χ2n) is 10.7. The number of fused-ring (bicyclic) bond motifs is 2. The lowest BCUT2D eigenvalue weighted by Gasteiger charge is -2.51. The molecule has 1 amide bonds. The van der Waals surface area contributed by atoms with Crippen molar-refractivity contribution in [2.24, 2.45) is 0 Å². The van der Waals surface area contributed by atoms with Crippen LogP contribution < -0.4 is 10.6 Å². The Morgan fingerprint density at radius 2 is 1.89 bits per heavy atom. The van der Waals surface area contributed by atoms with Gasteiger partial charge in [0.25, 0.3) is 0 Å². The van der Waals surface area contributed by atoms with Gasteiger partial charge < -0.3 is 15.5 Å². The van der Waals surface area contributed by atoms with Gasteiger partial charge in [0.15, 0.2) is 0 Å². The van der Waals surface area contributed by atoms with Crippen molar-refractivity contribution in [1.82, 2.24) is 20.4 Å². The van der Waals surface area contributed by atoms with Crippen LogP contribution >= 0.6 is 11.6 Å². The molecule has 35 heavy (non-hydrogen) atoms. The standard InChI is InChI=1S/C29H39ClN4O/c1-21(26-8-5-16-31-26)32-27(20-22-9-11-24(30)12-10-22)28(35)34-18-14-29(15-19-34)25-7-4-3-6-23(25)13-17-33(29)2/h3-4,6-7,9-12,21,26-27,31-32H,5,8,13-20H2,1-2H3/t21?,26?,27-/m1/s1.